The quantitative estimate of drug-likeness (QED) is 0.296. The highest BCUT2D eigenvalue weighted by atomic mass is 16.5. The van der Waals surface area contributed by atoms with Crippen LogP contribution < -0.4 is 0 Å². The first-order valence-corrected chi connectivity index (χ1v) is 10.2. The molecule has 0 aromatic carbocycles. The fraction of sp³-hybridized carbons (Fsp3) is 1.00. The third-order valence-electron chi connectivity index (χ3n) is 5.92. The third kappa shape index (κ3) is 9.10. The van der Waals surface area contributed by atoms with Crippen LogP contribution in [0.3, 0.4) is 0 Å². The van der Waals surface area contributed by atoms with E-state index in [1.165, 1.54) is 64.2 Å². The van der Waals surface area contributed by atoms with Gasteiger partial charge in [0.1, 0.15) is 0 Å². The Bertz CT molecular complexity index is 240. The Morgan fingerprint density at radius 3 is 1.96 bits per heavy atom. The van der Waals surface area contributed by atoms with Crippen LogP contribution in [-0.4, -0.2) is 26.4 Å². The molecule has 0 saturated carbocycles. The SMILES string of the molecule is CCCCCCC(OCC)C(CCC(CC)(CC)CC)COC. The highest BCUT2D eigenvalue weighted by Crippen LogP contribution is 2.37. The van der Waals surface area contributed by atoms with Crippen LogP contribution in [0, 0.1) is 11.3 Å². The lowest BCUT2D eigenvalue weighted by Crippen LogP contribution is -2.30. The van der Waals surface area contributed by atoms with Gasteiger partial charge in [-0.1, -0.05) is 72.6 Å². The second kappa shape index (κ2) is 14.3. The summed E-state index contributed by atoms with van der Waals surface area (Å²) in [6, 6.07) is 0. The number of hydrogen-bond donors (Lipinski definition) is 0. The number of rotatable bonds is 16. The Labute approximate surface area is 146 Å². The zero-order valence-electron chi connectivity index (χ0n) is 17.0. The molecule has 0 fully saturated rings. The lowest BCUT2D eigenvalue weighted by molar-refractivity contribution is -0.0224. The molecule has 0 spiro atoms. The van der Waals surface area contributed by atoms with Crippen molar-refractivity contribution in [2.75, 3.05) is 20.3 Å². The monoisotopic (exact) mass is 328 g/mol. The molecular weight excluding hydrogens is 284 g/mol. The predicted molar refractivity (Wildman–Crippen MR) is 102 cm³/mol. The Morgan fingerprint density at radius 1 is 0.826 bits per heavy atom. The molecule has 0 aromatic rings. The minimum atomic E-state index is 0.375. The van der Waals surface area contributed by atoms with Crippen molar-refractivity contribution in [2.24, 2.45) is 11.3 Å². The Kier molecular flexibility index (Phi) is 14.2. The molecule has 2 atom stereocenters. The first-order chi connectivity index (χ1) is 11.1. The predicted octanol–water partition coefficient (Wildman–Crippen LogP) is 6.62. The average Bonchev–Trinajstić information content (AvgIpc) is 2.58. The zero-order valence-corrected chi connectivity index (χ0v) is 17.0. The van der Waals surface area contributed by atoms with Crippen molar-refractivity contribution >= 4 is 0 Å². The molecule has 23 heavy (non-hydrogen) atoms. The molecule has 2 heteroatoms. The summed E-state index contributed by atoms with van der Waals surface area (Å²) in [7, 11) is 1.83. The van der Waals surface area contributed by atoms with Crippen molar-refractivity contribution in [3.8, 4) is 0 Å². The van der Waals surface area contributed by atoms with Crippen LogP contribution in [0.4, 0.5) is 0 Å². The summed E-state index contributed by atoms with van der Waals surface area (Å²) in [5, 5.41) is 0. The minimum absolute atomic E-state index is 0.375. The molecule has 0 heterocycles. The van der Waals surface area contributed by atoms with E-state index < -0.39 is 0 Å². The second-order valence-electron chi connectivity index (χ2n) is 7.16. The van der Waals surface area contributed by atoms with Crippen molar-refractivity contribution in [1.29, 1.82) is 0 Å². The molecule has 0 rings (SSSR count). The molecule has 0 amide bonds. The highest BCUT2D eigenvalue weighted by molar-refractivity contribution is 4.79. The van der Waals surface area contributed by atoms with Crippen molar-refractivity contribution < 1.29 is 9.47 Å². The van der Waals surface area contributed by atoms with Gasteiger partial charge in [-0.25, -0.2) is 0 Å². The Morgan fingerprint density at radius 2 is 1.48 bits per heavy atom. The van der Waals surface area contributed by atoms with E-state index in [4.69, 9.17) is 9.47 Å². The number of methoxy groups -OCH3 is 1. The maximum absolute atomic E-state index is 6.12. The summed E-state index contributed by atoms with van der Waals surface area (Å²) in [4.78, 5) is 0. The fourth-order valence-electron chi connectivity index (χ4n) is 3.80. The van der Waals surface area contributed by atoms with Crippen LogP contribution >= 0.6 is 0 Å². The maximum atomic E-state index is 6.12. The molecule has 0 aliphatic heterocycles. The standard InChI is InChI=1S/C21H44O2/c1-7-12-13-14-15-20(23-11-5)19(18-22-6)16-17-21(8-2,9-3)10-4/h19-20H,7-18H2,1-6H3. The molecule has 0 saturated heterocycles. The molecule has 0 aliphatic rings. The van der Waals surface area contributed by atoms with Gasteiger partial charge in [0.15, 0.2) is 0 Å². The van der Waals surface area contributed by atoms with E-state index in [9.17, 15) is 0 Å². The first-order valence-electron chi connectivity index (χ1n) is 10.2. The van der Waals surface area contributed by atoms with Crippen LogP contribution in [0.5, 0.6) is 0 Å². The number of unbranched alkanes of at least 4 members (excludes halogenated alkanes) is 3. The summed E-state index contributed by atoms with van der Waals surface area (Å²) in [5.41, 5.74) is 0.519. The van der Waals surface area contributed by atoms with Gasteiger partial charge in [0.2, 0.25) is 0 Å². The summed E-state index contributed by atoms with van der Waals surface area (Å²) in [6.07, 6.45) is 13.2. The highest BCUT2D eigenvalue weighted by Gasteiger charge is 2.28. The van der Waals surface area contributed by atoms with Crippen molar-refractivity contribution in [3.05, 3.63) is 0 Å². The zero-order chi connectivity index (χ0) is 17.6. The van der Waals surface area contributed by atoms with Gasteiger partial charge >= 0.3 is 0 Å². The van der Waals surface area contributed by atoms with E-state index in [-0.39, 0.29) is 0 Å². The van der Waals surface area contributed by atoms with Gasteiger partial charge in [0.25, 0.3) is 0 Å². The third-order valence-corrected chi connectivity index (χ3v) is 5.92. The lowest BCUT2D eigenvalue weighted by Gasteiger charge is -2.34. The molecule has 0 aromatic heterocycles. The van der Waals surface area contributed by atoms with E-state index in [0.29, 0.717) is 17.4 Å². The van der Waals surface area contributed by atoms with Crippen molar-refractivity contribution in [2.45, 2.75) is 105 Å². The molecular formula is C21H44O2. The van der Waals surface area contributed by atoms with Gasteiger partial charge in [-0.05, 0) is 31.6 Å². The summed E-state index contributed by atoms with van der Waals surface area (Å²) < 4.78 is 11.7. The normalized spacial score (nSPS) is 14.9. The molecule has 0 N–H and O–H groups in total. The molecule has 2 nitrogen and oxygen atoms in total. The van der Waals surface area contributed by atoms with E-state index in [0.717, 1.165) is 13.2 Å². The number of hydrogen-bond acceptors (Lipinski definition) is 2. The van der Waals surface area contributed by atoms with Gasteiger partial charge < -0.3 is 9.47 Å². The largest absolute Gasteiger partial charge is 0.384 e. The van der Waals surface area contributed by atoms with Crippen LogP contribution in [0.25, 0.3) is 0 Å². The van der Waals surface area contributed by atoms with Gasteiger partial charge in [-0.15, -0.1) is 0 Å². The lowest BCUT2D eigenvalue weighted by atomic mass is 9.74. The molecule has 0 bridgehead atoms. The molecule has 2 unspecified atom stereocenters. The summed E-state index contributed by atoms with van der Waals surface area (Å²) in [5.74, 6) is 0.547. The van der Waals surface area contributed by atoms with Gasteiger partial charge in [0, 0.05) is 19.6 Å². The van der Waals surface area contributed by atoms with Crippen LogP contribution in [-0.2, 0) is 9.47 Å². The average molecular weight is 329 g/mol. The van der Waals surface area contributed by atoms with E-state index >= 15 is 0 Å². The topological polar surface area (TPSA) is 18.5 Å². The van der Waals surface area contributed by atoms with Crippen LogP contribution in [0.1, 0.15) is 98.8 Å². The van der Waals surface area contributed by atoms with E-state index in [1.807, 2.05) is 7.11 Å². The van der Waals surface area contributed by atoms with E-state index in [1.54, 1.807) is 0 Å². The molecule has 140 valence electrons. The van der Waals surface area contributed by atoms with Crippen molar-refractivity contribution in [1.82, 2.24) is 0 Å². The minimum Gasteiger partial charge on any atom is -0.384 e. The van der Waals surface area contributed by atoms with Gasteiger partial charge in [-0.2, -0.15) is 0 Å². The van der Waals surface area contributed by atoms with Gasteiger partial charge in [-0.3, -0.25) is 0 Å². The summed E-state index contributed by atoms with van der Waals surface area (Å²) in [6.45, 7) is 13.1. The number of ether oxygens (including phenoxy) is 2. The fourth-order valence-corrected chi connectivity index (χ4v) is 3.80. The van der Waals surface area contributed by atoms with Crippen LogP contribution in [0.2, 0.25) is 0 Å². The molecule has 0 radical (unpaired) electrons. The van der Waals surface area contributed by atoms with Crippen LogP contribution in [0.15, 0.2) is 0 Å². The molecule has 0 aliphatic carbocycles. The Hall–Kier alpha value is -0.0800. The maximum Gasteiger partial charge on any atom is 0.0625 e. The van der Waals surface area contributed by atoms with E-state index in [2.05, 4.69) is 34.6 Å². The van der Waals surface area contributed by atoms with Crippen molar-refractivity contribution in [3.63, 3.8) is 0 Å². The Balaban J connectivity index is 4.65. The first kappa shape index (κ1) is 22.9. The summed E-state index contributed by atoms with van der Waals surface area (Å²) >= 11 is 0. The van der Waals surface area contributed by atoms with Gasteiger partial charge in [0.05, 0.1) is 12.7 Å². The smallest absolute Gasteiger partial charge is 0.0625 e. The second-order valence-corrected chi connectivity index (χ2v) is 7.16.